The molecular weight excluding hydrogens is 305 g/mol. The highest BCUT2D eigenvalue weighted by Gasteiger charge is 2.06. The van der Waals surface area contributed by atoms with Crippen LogP contribution in [0, 0.1) is 5.82 Å². The Kier molecular flexibility index (Phi) is 3.18. The number of halogens is 3. The first-order valence-corrected chi connectivity index (χ1v) is 5.85. The van der Waals surface area contributed by atoms with Crippen molar-refractivity contribution in [2.24, 2.45) is 0 Å². The second-order valence-corrected chi connectivity index (χ2v) is 5.30. The Bertz CT molecular complexity index is 490. The van der Waals surface area contributed by atoms with E-state index in [1.165, 1.54) is 29.5 Å². The van der Waals surface area contributed by atoms with Gasteiger partial charge in [-0.05, 0) is 34.1 Å². The van der Waals surface area contributed by atoms with Gasteiger partial charge in [-0.1, -0.05) is 22.9 Å². The van der Waals surface area contributed by atoms with E-state index in [-0.39, 0.29) is 11.5 Å². The third-order valence-corrected chi connectivity index (χ3v) is 3.08. The molecule has 0 amide bonds. The Hall–Kier alpha value is -0.720. The molecule has 2 aromatic rings. The summed E-state index contributed by atoms with van der Waals surface area (Å²) in [6.07, 6.45) is 0. The van der Waals surface area contributed by atoms with Crippen LogP contribution in [0.1, 0.15) is 0 Å². The first-order valence-electron chi connectivity index (χ1n) is 3.86. The minimum atomic E-state index is -0.384. The molecule has 2 rings (SSSR count). The molecule has 1 N–H and O–H groups in total. The summed E-state index contributed by atoms with van der Waals surface area (Å²) in [6.45, 7) is 0. The summed E-state index contributed by atoms with van der Waals surface area (Å²) >= 11 is 10.2. The van der Waals surface area contributed by atoms with Gasteiger partial charge in [-0.2, -0.15) is 0 Å². The molecule has 3 nitrogen and oxygen atoms in total. The summed E-state index contributed by atoms with van der Waals surface area (Å²) in [7, 11) is 0. The number of hydrogen-bond acceptors (Lipinski definition) is 4. The molecule has 78 valence electrons. The highest BCUT2D eigenvalue weighted by Crippen LogP contribution is 2.27. The molecule has 0 fully saturated rings. The van der Waals surface area contributed by atoms with Gasteiger partial charge in [-0.25, -0.2) is 4.39 Å². The first-order chi connectivity index (χ1) is 7.15. The molecule has 0 unspecified atom stereocenters. The second-order valence-electron chi connectivity index (χ2n) is 2.61. The molecule has 0 saturated heterocycles. The second kappa shape index (κ2) is 4.42. The largest absolute Gasteiger partial charge is 0.328 e. The molecule has 0 atom stereocenters. The topological polar surface area (TPSA) is 37.8 Å². The van der Waals surface area contributed by atoms with Crippen molar-refractivity contribution in [1.82, 2.24) is 10.2 Å². The first kappa shape index (κ1) is 10.8. The van der Waals surface area contributed by atoms with Crippen LogP contribution in [0.4, 0.5) is 15.2 Å². The Morgan fingerprint density at radius 1 is 1.40 bits per heavy atom. The molecule has 1 aromatic carbocycles. The maximum absolute atomic E-state index is 13.3. The third-order valence-electron chi connectivity index (χ3n) is 1.57. The minimum Gasteiger partial charge on any atom is -0.328 e. The van der Waals surface area contributed by atoms with Gasteiger partial charge in [0.2, 0.25) is 5.13 Å². The maximum Gasteiger partial charge on any atom is 0.210 e. The van der Waals surface area contributed by atoms with Gasteiger partial charge in [-0.3, -0.25) is 0 Å². The lowest BCUT2D eigenvalue weighted by atomic mass is 10.3. The van der Waals surface area contributed by atoms with E-state index >= 15 is 0 Å². The number of nitrogens with zero attached hydrogens (tertiary/aromatic N) is 2. The van der Waals surface area contributed by atoms with Crippen molar-refractivity contribution >= 4 is 49.7 Å². The molecule has 1 aromatic heterocycles. The summed E-state index contributed by atoms with van der Waals surface area (Å²) in [5.41, 5.74) is 0.283. The number of aromatic nitrogens is 2. The molecule has 15 heavy (non-hydrogen) atoms. The van der Waals surface area contributed by atoms with Crippen LogP contribution in [0.2, 0.25) is 5.02 Å². The Morgan fingerprint density at radius 2 is 2.20 bits per heavy atom. The van der Waals surface area contributed by atoms with Gasteiger partial charge < -0.3 is 5.32 Å². The van der Waals surface area contributed by atoms with E-state index < -0.39 is 0 Å². The van der Waals surface area contributed by atoms with E-state index in [1.54, 1.807) is 0 Å². The van der Waals surface area contributed by atoms with Crippen LogP contribution < -0.4 is 5.32 Å². The van der Waals surface area contributed by atoms with Crippen LogP contribution in [-0.4, -0.2) is 10.2 Å². The van der Waals surface area contributed by atoms with Gasteiger partial charge in [0.25, 0.3) is 0 Å². The zero-order valence-corrected chi connectivity index (χ0v) is 10.3. The molecule has 0 aliphatic rings. The molecule has 0 bridgehead atoms. The SMILES string of the molecule is Fc1ccc(Cl)cc1Nc1nnc(Br)s1. The summed E-state index contributed by atoms with van der Waals surface area (Å²) in [5.74, 6) is -0.384. The van der Waals surface area contributed by atoms with E-state index in [9.17, 15) is 4.39 Å². The molecular formula is C8H4BrClFN3S. The monoisotopic (exact) mass is 307 g/mol. The van der Waals surface area contributed by atoms with Gasteiger partial charge in [0.1, 0.15) is 5.82 Å². The van der Waals surface area contributed by atoms with Crippen LogP contribution in [-0.2, 0) is 0 Å². The average molecular weight is 309 g/mol. The van der Waals surface area contributed by atoms with Crippen LogP contribution in [0.5, 0.6) is 0 Å². The summed E-state index contributed by atoms with van der Waals surface area (Å²) in [4.78, 5) is 0. The summed E-state index contributed by atoms with van der Waals surface area (Å²) in [5, 5.41) is 11.3. The zero-order chi connectivity index (χ0) is 10.8. The fourth-order valence-electron chi connectivity index (χ4n) is 0.964. The lowest BCUT2D eigenvalue weighted by Crippen LogP contribution is -1.92. The van der Waals surface area contributed by atoms with Crippen molar-refractivity contribution in [3.05, 3.63) is 33.0 Å². The molecule has 7 heteroatoms. The lowest BCUT2D eigenvalue weighted by molar-refractivity contribution is 0.632. The third kappa shape index (κ3) is 2.64. The molecule has 1 heterocycles. The van der Waals surface area contributed by atoms with E-state index in [4.69, 9.17) is 11.6 Å². The summed E-state index contributed by atoms with van der Waals surface area (Å²) < 4.78 is 13.9. The van der Waals surface area contributed by atoms with E-state index in [1.807, 2.05) is 0 Å². The highest BCUT2D eigenvalue weighted by molar-refractivity contribution is 9.11. The van der Waals surface area contributed by atoms with Gasteiger partial charge in [-0.15, -0.1) is 10.2 Å². The van der Waals surface area contributed by atoms with Crippen molar-refractivity contribution in [1.29, 1.82) is 0 Å². The maximum atomic E-state index is 13.3. The predicted octanol–water partition coefficient (Wildman–Crippen LogP) is 3.84. The van der Waals surface area contributed by atoms with Crippen LogP contribution in [0.3, 0.4) is 0 Å². The quantitative estimate of drug-likeness (QED) is 0.916. The molecule has 0 radical (unpaired) electrons. The molecule has 0 saturated carbocycles. The molecule has 0 spiro atoms. The van der Waals surface area contributed by atoms with Gasteiger partial charge in [0.05, 0.1) is 5.69 Å². The highest BCUT2D eigenvalue weighted by atomic mass is 79.9. The lowest BCUT2D eigenvalue weighted by Gasteiger charge is -2.03. The fraction of sp³-hybridized carbons (Fsp3) is 0. The van der Waals surface area contributed by atoms with Gasteiger partial charge in [0, 0.05) is 5.02 Å². The summed E-state index contributed by atoms with van der Waals surface area (Å²) in [6, 6.07) is 4.27. The zero-order valence-electron chi connectivity index (χ0n) is 7.17. The average Bonchev–Trinajstić information content (AvgIpc) is 2.58. The number of rotatable bonds is 2. The van der Waals surface area contributed by atoms with E-state index in [0.29, 0.717) is 14.1 Å². The van der Waals surface area contributed by atoms with Crippen molar-refractivity contribution in [3.8, 4) is 0 Å². The number of hydrogen-bond donors (Lipinski definition) is 1. The van der Waals surface area contributed by atoms with E-state index in [2.05, 4.69) is 31.4 Å². The normalized spacial score (nSPS) is 10.3. The van der Waals surface area contributed by atoms with Crippen molar-refractivity contribution in [3.63, 3.8) is 0 Å². The Labute approximate surface area is 102 Å². The van der Waals surface area contributed by atoms with Crippen LogP contribution in [0.25, 0.3) is 0 Å². The van der Waals surface area contributed by atoms with Crippen molar-refractivity contribution in [2.45, 2.75) is 0 Å². The van der Waals surface area contributed by atoms with Crippen LogP contribution in [0.15, 0.2) is 22.1 Å². The van der Waals surface area contributed by atoms with Crippen LogP contribution >= 0.6 is 38.9 Å². The van der Waals surface area contributed by atoms with Crippen molar-refractivity contribution in [2.75, 3.05) is 5.32 Å². The Balaban J connectivity index is 2.27. The number of benzene rings is 1. The standard InChI is InChI=1S/C8H4BrClFN3S/c9-7-13-14-8(15-7)12-6-3-4(10)1-2-5(6)11/h1-3H,(H,12,14). The number of nitrogens with one attached hydrogen (secondary N) is 1. The van der Waals surface area contributed by atoms with Gasteiger partial charge in [0.15, 0.2) is 3.92 Å². The predicted molar refractivity (Wildman–Crippen MR) is 62.3 cm³/mol. The smallest absolute Gasteiger partial charge is 0.210 e. The van der Waals surface area contributed by atoms with E-state index in [0.717, 1.165) is 0 Å². The van der Waals surface area contributed by atoms with Crippen molar-refractivity contribution < 1.29 is 4.39 Å². The minimum absolute atomic E-state index is 0.283. The number of anilines is 2. The molecule has 0 aliphatic carbocycles. The fourth-order valence-corrected chi connectivity index (χ4v) is 2.16. The van der Waals surface area contributed by atoms with Gasteiger partial charge >= 0.3 is 0 Å². The Morgan fingerprint density at radius 3 is 2.87 bits per heavy atom. The molecule has 0 aliphatic heterocycles.